The second-order valence-corrected chi connectivity index (χ2v) is 6.61. The van der Waals surface area contributed by atoms with E-state index in [0.717, 1.165) is 35.2 Å². The summed E-state index contributed by atoms with van der Waals surface area (Å²) in [4.78, 5) is 11.8. The first-order chi connectivity index (χ1) is 10.6. The van der Waals surface area contributed by atoms with Gasteiger partial charge in [-0.2, -0.15) is 0 Å². The van der Waals surface area contributed by atoms with Crippen LogP contribution in [0.3, 0.4) is 0 Å². The number of halogens is 1. The highest BCUT2D eigenvalue weighted by atomic mass is 35.5. The summed E-state index contributed by atoms with van der Waals surface area (Å²) in [5.41, 5.74) is 1.12. The smallest absolute Gasteiger partial charge is 0.311 e. The van der Waals surface area contributed by atoms with Crippen LogP contribution in [-0.4, -0.2) is 29.6 Å². The zero-order valence-electron chi connectivity index (χ0n) is 13.8. The maximum atomic E-state index is 11.8. The molecule has 1 saturated heterocycles. The molecule has 2 aliphatic heterocycles. The highest BCUT2D eigenvalue weighted by Crippen LogP contribution is 2.38. The third-order valence-corrected chi connectivity index (χ3v) is 5.09. The Balaban J connectivity index is 0.00000192. The summed E-state index contributed by atoms with van der Waals surface area (Å²) in [6.07, 6.45) is 4.70. The third kappa shape index (κ3) is 3.54. The van der Waals surface area contributed by atoms with Crippen LogP contribution in [-0.2, 0) is 11.3 Å². The van der Waals surface area contributed by atoms with E-state index in [1.54, 1.807) is 0 Å². The number of benzene rings is 1. The van der Waals surface area contributed by atoms with Gasteiger partial charge in [-0.15, -0.1) is 0 Å². The molecule has 2 bridgehead atoms. The van der Waals surface area contributed by atoms with E-state index >= 15 is 0 Å². The van der Waals surface area contributed by atoms with Gasteiger partial charge < -0.3 is 21.6 Å². The zero-order valence-corrected chi connectivity index (χ0v) is 14.6. The van der Waals surface area contributed by atoms with Crippen molar-refractivity contribution in [3.8, 4) is 17.6 Å². The fourth-order valence-electron chi connectivity index (χ4n) is 3.74. The van der Waals surface area contributed by atoms with E-state index in [4.69, 9.17) is 4.74 Å². The van der Waals surface area contributed by atoms with Crippen LogP contribution in [0.2, 0.25) is 0 Å². The van der Waals surface area contributed by atoms with Gasteiger partial charge in [0.2, 0.25) is 0 Å². The molecule has 2 aliphatic rings. The molecule has 0 amide bonds. The Morgan fingerprint density at radius 1 is 1.35 bits per heavy atom. The fourth-order valence-corrected chi connectivity index (χ4v) is 3.74. The van der Waals surface area contributed by atoms with Crippen LogP contribution in [0.25, 0.3) is 0 Å². The normalized spacial score (nSPS) is 27.6. The topological polar surface area (TPSA) is 26.3 Å². The SMILES string of the molecule is CCCC(=O)Oc1ccccc1C[N+]1(C)[C@@H]2CC#C[C@H]1CC2.[Cl-]. The number of nitrogens with zero attached hydrogens (tertiary/aromatic N) is 1. The maximum Gasteiger partial charge on any atom is 0.311 e. The van der Waals surface area contributed by atoms with E-state index in [0.29, 0.717) is 18.5 Å². The minimum absolute atomic E-state index is 0. The van der Waals surface area contributed by atoms with Gasteiger partial charge >= 0.3 is 5.97 Å². The molecule has 1 aromatic rings. The highest BCUT2D eigenvalue weighted by molar-refractivity contribution is 5.72. The molecule has 2 heterocycles. The van der Waals surface area contributed by atoms with Crippen molar-refractivity contribution in [1.82, 2.24) is 0 Å². The Bertz CT molecular complexity index is 634. The third-order valence-electron chi connectivity index (χ3n) is 5.09. The monoisotopic (exact) mass is 333 g/mol. The molecular formula is C19H24ClNO2. The van der Waals surface area contributed by atoms with E-state index < -0.39 is 0 Å². The van der Waals surface area contributed by atoms with Gasteiger partial charge in [0, 0.05) is 24.8 Å². The van der Waals surface area contributed by atoms with Crippen molar-refractivity contribution < 1.29 is 26.4 Å². The number of quaternary nitrogens is 1. The van der Waals surface area contributed by atoms with Gasteiger partial charge in [-0.3, -0.25) is 4.79 Å². The fraction of sp³-hybridized carbons (Fsp3) is 0.526. The van der Waals surface area contributed by atoms with Gasteiger partial charge in [-0.25, -0.2) is 0 Å². The standard InChI is InChI=1S/C19H24NO2.ClH/c1-3-7-19(21)22-18-11-5-4-8-15(18)14-20(2)16-9-6-10-17(20)13-12-16;/h4-5,8,11,16-17H,3,7,9,12-14H2,1-2H3;1H/q+1;/p-1/t16-,17+,20?;/m1./s1. The number of esters is 1. The largest absolute Gasteiger partial charge is 1.00 e. The quantitative estimate of drug-likeness (QED) is 0.335. The van der Waals surface area contributed by atoms with Crippen molar-refractivity contribution in [3.05, 3.63) is 29.8 Å². The number of hydrogen-bond acceptors (Lipinski definition) is 2. The Labute approximate surface area is 145 Å². The molecule has 1 aromatic carbocycles. The number of ether oxygens (including phenoxy) is 1. The molecule has 1 fully saturated rings. The number of rotatable bonds is 5. The molecule has 0 spiro atoms. The van der Waals surface area contributed by atoms with E-state index in [9.17, 15) is 4.79 Å². The van der Waals surface area contributed by atoms with Crippen molar-refractivity contribution in [2.75, 3.05) is 7.05 Å². The number of para-hydroxylation sites is 1. The van der Waals surface area contributed by atoms with E-state index in [2.05, 4.69) is 25.0 Å². The summed E-state index contributed by atoms with van der Waals surface area (Å²) in [5.74, 6) is 7.30. The Morgan fingerprint density at radius 2 is 2.13 bits per heavy atom. The summed E-state index contributed by atoms with van der Waals surface area (Å²) >= 11 is 0. The first kappa shape index (κ1) is 17.8. The molecule has 0 saturated carbocycles. The summed E-state index contributed by atoms with van der Waals surface area (Å²) in [6.45, 7) is 2.88. The lowest BCUT2D eigenvalue weighted by atomic mass is 10.1. The average Bonchev–Trinajstić information content (AvgIpc) is 2.69. The second kappa shape index (κ2) is 7.38. The molecule has 0 radical (unpaired) electrons. The summed E-state index contributed by atoms with van der Waals surface area (Å²) in [5, 5.41) is 0. The minimum atomic E-state index is -0.140. The molecule has 4 heteroatoms. The number of fused-ring (bicyclic) bond motifs is 2. The summed E-state index contributed by atoms with van der Waals surface area (Å²) in [7, 11) is 2.31. The molecular weight excluding hydrogens is 310 g/mol. The van der Waals surface area contributed by atoms with Crippen LogP contribution in [0, 0.1) is 11.8 Å². The molecule has 3 atom stereocenters. The lowest BCUT2D eigenvalue weighted by molar-refractivity contribution is -0.949. The first-order valence-corrected chi connectivity index (χ1v) is 8.25. The molecule has 3 nitrogen and oxygen atoms in total. The summed E-state index contributed by atoms with van der Waals surface area (Å²) in [6, 6.07) is 8.99. The van der Waals surface area contributed by atoms with Gasteiger partial charge in [0.1, 0.15) is 18.3 Å². The van der Waals surface area contributed by atoms with Crippen molar-refractivity contribution in [2.24, 2.45) is 0 Å². The van der Waals surface area contributed by atoms with Crippen molar-refractivity contribution in [2.45, 2.75) is 57.7 Å². The molecule has 1 unspecified atom stereocenters. The van der Waals surface area contributed by atoms with E-state index in [1.165, 1.54) is 12.8 Å². The predicted octanol–water partition coefficient (Wildman–Crippen LogP) is 0.281. The Kier molecular flexibility index (Phi) is 5.73. The molecule has 124 valence electrons. The molecule has 3 rings (SSSR count). The van der Waals surface area contributed by atoms with Gasteiger partial charge in [-0.05, 0) is 24.5 Å². The zero-order chi connectivity index (χ0) is 15.6. The Hall–Kier alpha value is -1.50. The van der Waals surface area contributed by atoms with Crippen LogP contribution >= 0.6 is 0 Å². The summed E-state index contributed by atoms with van der Waals surface area (Å²) < 4.78 is 6.55. The lowest BCUT2D eigenvalue weighted by Gasteiger charge is -2.40. The van der Waals surface area contributed by atoms with Crippen molar-refractivity contribution >= 4 is 5.97 Å². The first-order valence-electron chi connectivity index (χ1n) is 8.25. The van der Waals surface area contributed by atoms with Crippen LogP contribution in [0.4, 0.5) is 0 Å². The van der Waals surface area contributed by atoms with Crippen LogP contribution in [0.5, 0.6) is 5.75 Å². The average molecular weight is 334 g/mol. The number of hydrogen-bond donors (Lipinski definition) is 0. The number of carbonyl (C=O) groups is 1. The molecule has 0 aliphatic carbocycles. The van der Waals surface area contributed by atoms with E-state index in [1.807, 2.05) is 25.1 Å². The second-order valence-electron chi connectivity index (χ2n) is 6.61. The highest BCUT2D eigenvalue weighted by Gasteiger charge is 2.47. The Morgan fingerprint density at radius 3 is 2.87 bits per heavy atom. The molecule has 23 heavy (non-hydrogen) atoms. The lowest BCUT2D eigenvalue weighted by Crippen LogP contribution is -3.00. The maximum absolute atomic E-state index is 11.8. The minimum Gasteiger partial charge on any atom is -1.00 e. The van der Waals surface area contributed by atoms with Gasteiger partial charge in [0.25, 0.3) is 0 Å². The van der Waals surface area contributed by atoms with Crippen molar-refractivity contribution in [1.29, 1.82) is 0 Å². The molecule has 0 N–H and O–H groups in total. The number of carbonyl (C=O) groups excluding carboxylic acids is 1. The van der Waals surface area contributed by atoms with E-state index in [-0.39, 0.29) is 18.4 Å². The van der Waals surface area contributed by atoms with Crippen LogP contribution < -0.4 is 17.1 Å². The molecule has 0 aromatic heterocycles. The van der Waals surface area contributed by atoms with Gasteiger partial charge in [0.05, 0.1) is 13.5 Å². The van der Waals surface area contributed by atoms with Gasteiger partial charge in [-0.1, -0.05) is 25.0 Å². The van der Waals surface area contributed by atoms with Crippen LogP contribution in [0.1, 0.15) is 44.6 Å². The van der Waals surface area contributed by atoms with Crippen LogP contribution in [0.15, 0.2) is 24.3 Å². The van der Waals surface area contributed by atoms with Crippen molar-refractivity contribution in [3.63, 3.8) is 0 Å². The predicted molar refractivity (Wildman–Crippen MR) is 86.1 cm³/mol. The van der Waals surface area contributed by atoms with Gasteiger partial charge in [0.15, 0.2) is 6.04 Å².